The van der Waals surface area contributed by atoms with Gasteiger partial charge >= 0.3 is 0 Å². The first-order valence-electron chi connectivity index (χ1n) is 9.79. The van der Waals surface area contributed by atoms with Crippen LogP contribution in [0.25, 0.3) is 0 Å². The van der Waals surface area contributed by atoms with Crippen LogP contribution in [0.15, 0.2) is 47.2 Å². The van der Waals surface area contributed by atoms with Gasteiger partial charge in [-0.15, -0.1) is 16.4 Å². The van der Waals surface area contributed by atoms with Crippen LogP contribution in [0.5, 0.6) is 0 Å². The van der Waals surface area contributed by atoms with Crippen molar-refractivity contribution in [2.45, 2.75) is 44.3 Å². The van der Waals surface area contributed by atoms with E-state index >= 15 is 0 Å². The van der Waals surface area contributed by atoms with Gasteiger partial charge in [-0.25, -0.2) is 4.39 Å². The number of nitrogens with one attached hydrogen (secondary N) is 1. The molecule has 1 aromatic carbocycles. The SMILES string of the molecule is O=C(NCc1ccc(F)cc1)[C@H](c1cccs1)N(C(=O)c1csnn1)C1CCCC1. The third-order valence-electron chi connectivity index (χ3n) is 5.25. The van der Waals surface area contributed by atoms with Crippen LogP contribution < -0.4 is 5.32 Å². The maximum absolute atomic E-state index is 13.4. The molecule has 0 saturated heterocycles. The summed E-state index contributed by atoms with van der Waals surface area (Å²) >= 11 is 2.56. The number of hydrogen-bond donors (Lipinski definition) is 1. The van der Waals surface area contributed by atoms with Crippen LogP contribution in [-0.2, 0) is 11.3 Å². The Balaban J connectivity index is 1.62. The Morgan fingerprint density at radius 1 is 1.20 bits per heavy atom. The van der Waals surface area contributed by atoms with Gasteiger partial charge in [-0.2, -0.15) is 0 Å². The van der Waals surface area contributed by atoms with Gasteiger partial charge in [0.2, 0.25) is 5.91 Å². The number of aromatic nitrogens is 2. The van der Waals surface area contributed by atoms with E-state index in [4.69, 9.17) is 0 Å². The second kappa shape index (κ2) is 9.44. The molecular weight excluding hydrogens is 423 g/mol. The van der Waals surface area contributed by atoms with Gasteiger partial charge in [0.05, 0.1) is 0 Å². The van der Waals surface area contributed by atoms with Crippen molar-refractivity contribution in [1.29, 1.82) is 0 Å². The standard InChI is InChI=1S/C21H21FN4O2S2/c22-15-9-7-14(8-10-15)12-23-20(27)19(18-6-3-11-29-18)26(16-4-1-2-5-16)21(28)17-13-30-25-24-17/h3,6-11,13,16,19H,1-2,4-5,12H2,(H,23,27)/t19-/m0/s1. The van der Waals surface area contributed by atoms with E-state index < -0.39 is 6.04 Å². The van der Waals surface area contributed by atoms with E-state index in [9.17, 15) is 14.0 Å². The summed E-state index contributed by atoms with van der Waals surface area (Å²) in [6.07, 6.45) is 3.77. The van der Waals surface area contributed by atoms with Gasteiger partial charge in [0.15, 0.2) is 5.69 Å². The molecule has 0 bridgehead atoms. The van der Waals surface area contributed by atoms with Crippen molar-refractivity contribution in [3.05, 3.63) is 69.1 Å². The summed E-state index contributed by atoms with van der Waals surface area (Å²) < 4.78 is 17.0. The molecule has 2 heterocycles. The first kappa shape index (κ1) is 20.6. The molecule has 1 aliphatic rings. The monoisotopic (exact) mass is 444 g/mol. The third kappa shape index (κ3) is 4.57. The third-order valence-corrected chi connectivity index (χ3v) is 6.68. The maximum Gasteiger partial charge on any atom is 0.276 e. The zero-order valence-electron chi connectivity index (χ0n) is 16.2. The second-order valence-corrected chi connectivity index (χ2v) is 8.79. The average Bonchev–Trinajstić information content (AvgIpc) is 3.53. The summed E-state index contributed by atoms with van der Waals surface area (Å²) in [5, 5.41) is 10.4. The van der Waals surface area contributed by atoms with Crippen LogP contribution in [0.3, 0.4) is 0 Å². The lowest BCUT2D eigenvalue weighted by Crippen LogP contribution is -2.47. The van der Waals surface area contributed by atoms with Gasteiger partial charge < -0.3 is 10.2 Å². The number of halogens is 1. The molecule has 2 aromatic heterocycles. The number of benzene rings is 1. The minimum absolute atomic E-state index is 0.0251. The normalized spacial score (nSPS) is 15.1. The lowest BCUT2D eigenvalue weighted by Gasteiger charge is -2.34. The summed E-state index contributed by atoms with van der Waals surface area (Å²) in [5.74, 6) is -0.854. The molecule has 1 saturated carbocycles. The summed E-state index contributed by atoms with van der Waals surface area (Å²) in [5.41, 5.74) is 1.05. The molecule has 4 rings (SSSR count). The fraction of sp³-hybridized carbons (Fsp3) is 0.333. The Hall–Kier alpha value is -2.65. The Morgan fingerprint density at radius 2 is 1.97 bits per heavy atom. The molecule has 1 atom stereocenters. The topological polar surface area (TPSA) is 75.2 Å². The molecule has 156 valence electrons. The van der Waals surface area contributed by atoms with Crippen LogP contribution in [-0.4, -0.2) is 32.3 Å². The minimum atomic E-state index is -0.747. The van der Waals surface area contributed by atoms with Gasteiger partial charge in [-0.05, 0) is 53.5 Å². The van der Waals surface area contributed by atoms with Crippen LogP contribution in [0.2, 0.25) is 0 Å². The van der Waals surface area contributed by atoms with Crippen molar-refractivity contribution >= 4 is 34.7 Å². The Morgan fingerprint density at radius 3 is 2.60 bits per heavy atom. The quantitative estimate of drug-likeness (QED) is 0.593. The summed E-state index contributed by atoms with van der Waals surface area (Å²) in [4.78, 5) is 29.2. The van der Waals surface area contributed by atoms with E-state index in [0.29, 0.717) is 0 Å². The Bertz CT molecular complexity index is 971. The van der Waals surface area contributed by atoms with Crippen LogP contribution in [0, 0.1) is 5.82 Å². The van der Waals surface area contributed by atoms with Gasteiger partial charge in [0.25, 0.3) is 5.91 Å². The van der Waals surface area contributed by atoms with E-state index in [0.717, 1.165) is 47.7 Å². The van der Waals surface area contributed by atoms with Crippen molar-refractivity contribution in [2.24, 2.45) is 0 Å². The predicted molar refractivity (Wildman–Crippen MR) is 114 cm³/mol. The average molecular weight is 445 g/mol. The molecule has 2 amide bonds. The number of carbonyl (C=O) groups is 2. The lowest BCUT2D eigenvalue weighted by molar-refractivity contribution is -0.126. The highest BCUT2D eigenvalue weighted by molar-refractivity contribution is 7.10. The number of hydrogen-bond acceptors (Lipinski definition) is 6. The second-order valence-electron chi connectivity index (χ2n) is 7.20. The highest BCUT2D eigenvalue weighted by Crippen LogP contribution is 2.34. The zero-order chi connectivity index (χ0) is 20.9. The Kier molecular flexibility index (Phi) is 6.49. The Labute approximate surface area is 181 Å². The van der Waals surface area contributed by atoms with Crippen molar-refractivity contribution in [3.63, 3.8) is 0 Å². The number of amides is 2. The first-order valence-corrected chi connectivity index (χ1v) is 11.5. The van der Waals surface area contributed by atoms with E-state index in [1.807, 2.05) is 17.5 Å². The molecule has 6 nitrogen and oxygen atoms in total. The lowest BCUT2D eigenvalue weighted by atomic mass is 10.1. The highest BCUT2D eigenvalue weighted by atomic mass is 32.1. The summed E-state index contributed by atoms with van der Waals surface area (Å²) in [6, 6.07) is 8.98. The van der Waals surface area contributed by atoms with Gasteiger partial charge in [-0.3, -0.25) is 9.59 Å². The summed E-state index contributed by atoms with van der Waals surface area (Å²) in [7, 11) is 0. The predicted octanol–water partition coefficient (Wildman–Crippen LogP) is 4.18. The maximum atomic E-state index is 13.4. The molecule has 30 heavy (non-hydrogen) atoms. The smallest absolute Gasteiger partial charge is 0.276 e. The summed E-state index contributed by atoms with van der Waals surface area (Å²) in [6.45, 7) is 0.256. The van der Waals surface area contributed by atoms with Crippen LogP contribution in [0.4, 0.5) is 4.39 Å². The van der Waals surface area contributed by atoms with E-state index in [-0.39, 0.29) is 35.9 Å². The number of carbonyl (C=O) groups excluding carboxylic acids is 2. The van der Waals surface area contributed by atoms with Gasteiger partial charge in [-0.1, -0.05) is 35.5 Å². The minimum Gasteiger partial charge on any atom is -0.350 e. The fourth-order valence-electron chi connectivity index (χ4n) is 3.79. The van der Waals surface area contributed by atoms with E-state index in [1.54, 1.807) is 22.4 Å². The molecular formula is C21H21FN4O2S2. The molecule has 1 fully saturated rings. The van der Waals surface area contributed by atoms with Crippen LogP contribution in [0.1, 0.15) is 52.7 Å². The zero-order valence-corrected chi connectivity index (χ0v) is 17.8. The molecule has 1 aliphatic carbocycles. The fourth-order valence-corrected chi connectivity index (χ4v) is 5.04. The number of nitrogens with zero attached hydrogens (tertiary/aromatic N) is 3. The van der Waals surface area contributed by atoms with Crippen molar-refractivity contribution < 1.29 is 14.0 Å². The first-order chi connectivity index (χ1) is 14.6. The largest absolute Gasteiger partial charge is 0.350 e. The van der Waals surface area contributed by atoms with E-state index in [1.165, 1.54) is 23.5 Å². The van der Waals surface area contributed by atoms with Crippen molar-refractivity contribution in [1.82, 2.24) is 19.8 Å². The molecule has 0 spiro atoms. The van der Waals surface area contributed by atoms with Crippen molar-refractivity contribution in [2.75, 3.05) is 0 Å². The number of rotatable bonds is 7. The molecule has 0 radical (unpaired) electrons. The highest BCUT2D eigenvalue weighted by Gasteiger charge is 2.39. The molecule has 3 aromatic rings. The van der Waals surface area contributed by atoms with E-state index in [2.05, 4.69) is 14.9 Å². The van der Waals surface area contributed by atoms with Gasteiger partial charge in [0, 0.05) is 22.8 Å². The molecule has 0 unspecified atom stereocenters. The number of thiophene rings is 1. The van der Waals surface area contributed by atoms with Gasteiger partial charge in [0.1, 0.15) is 11.9 Å². The van der Waals surface area contributed by atoms with Crippen LogP contribution >= 0.6 is 22.9 Å². The molecule has 0 aliphatic heterocycles. The molecule has 9 heteroatoms. The van der Waals surface area contributed by atoms with Crippen molar-refractivity contribution in [3.8, 4) is 0 Å². The molecule has 1 N–H and O–H groups in total.